The number of rotatable bonds is 7. The first kappa shape index (κ1) is 16.1. The first-order valence-corrected chi connectivity index (χ1v) is 8.31. The summed E-state index contributed by atoms with van der Waals surface area (Å²) in [6.07, 6.45) is 0.798. The fourth-order valence-electron chi connectivity index (χ4n) is 2.13. The SMILES string of the molecule is CCS(=O)(=O)c1cccc(CC(C)C(CN)CN)c1. The number of sulfone groups is 1. The molecule has 5 heteroatoms. The van der Waals surface area contributed by atoms with Crippen molar-refractivity contribution in [2.75, 3.05) is 18.8 Å². The van der Waals surface area contributed by atoms with E-state index in [1.165, 1.54) is 0 Å². The molecule has 0 fully saturated rings. The average molecular weight is 284 g/mol. The van der Waals surface area contributed by atoms with Crippen LogP contribution in [0, 0.1) is 11.8 Å². The van der Waals surface area contributed by atoms with Crippen LogP contribution in [0.15, 0.2) is 29.2 Å². The summed E-state index contributed by atoms with van der Waals surface area (Å²) < 4.78 is 23.7. The van der Waals surface area contributed by atoms with Crippen molar-refractivity contribution >= 4 is 9.84 Å². The highest BCUT2D eigenvalue weighted by Crippen LogP contribution is 2.19. The molecule has 19 heavy (non-hydrogen) atoms. The van der Waals surface area contributed by atoms with Gasteiger partial charge in [0, 0.05) is 0 Å². The number of benzene rings is 1. The van der Waals surface area contributed by atoms with Crippen molar-refractivity contribution in [3.05, 3.63) is 29.8 Å². The number of nitrogens with two attached hydrogens (primary N) is 2. The van der Waals surface area contributed by atoms with Crippen molar-refractivity contribution in [2.45, 2.75) is 25.2 Å². The second kappa shape index (κ2) is 7.03. The minimum atomic E-state index is -3.14. The van der Waals surface area contributed by atoms with E-state index in [0.717, 1.165) is 12.0 Å². The predicted octanol–water partition coefficient (Wildman–Crippen LogP) is 1.19. The zero-order chi connectivity index (χ0) is 14.5. The maximum atomic E-state index is 11.8. The van der Waals surface area contributed by atoms with Crippen molar-refractivity contribution in [1.29, 1.82) is 0 Å². The van der Waals surface area contributed by atoms with Gasteiger partial charge in [0.15, 0.2) is 9.84 Å². The fourth-order valence-corrected chi connectivity index (χ4v) is 3.08. The van der Waals surface area contributed by atoms with E-state index in [4.69, 9.17) is 11.5 Å². The van der Waals surface area contributed by atoms with Crippen LogP contribution in [0.5, 0.6) is 0 Å². The Balaban J connectivity index is 2.89. The van der Waals surface area contributed by atoms with E-state index in [0.29, 0.717) is 23.9 Å². The highest BCUT2D eigenvalue weighted by Gasteiger charge is 2.16. The van der Waals surface area contributed by atoms with Gasteiger partial charge in [-0.1, -0.05) is 26.0 Å². The van der Waals surface area contributed by atoms with Crippen LogP contribution in [0.4, 0.5) is 0 Å². The third kappa shape index (κ3) is 4.30. The van der Waals surface area contributed by atoms with E-state index < -0.39 is 9.84 Å². The van der Waals surface area contributed by atoms with Crippen molar-refractivity contribution in [2.24, 2.45) is 23.3 Å². The first-order valence-electron chi connectivity index (χ1n) is 6.66. The second-order valence-electron chi connectivity index (χ2n) is 4.96. The third-order valence-electron chi connectivity index (χ3n) is 3.61. The van der Waals surface area contributed by atoms with Crippen LogP contribution < -0.4 is 11.5 Å². The standard InChI is InChI=1S/C14H24N2O2S/c1-3-19(17,18)14-6-4-5-12(8-14)7-11(2)13(9-15)10-16/h4-6,8,11,13H,3,7,9-10,15-16H2,1-2H3. The molecule has 1 aromatic rings. The molecule has 0 radical (unpaired) electrons. The van der Waals surface area contributed by atoms with Gasteiger partial charge >= 0.3 is 0 Å². The van der Waals surface area contributed by atoms with Crippen molar-refractivity contribution < 1.29 is 8.42 Å². The van der Waals surface area contributed by atoms with E-state index in [2.05, 4.69) is 6.92 Å². The lowest BCUT2D eigenvalue weighted by molar-refractivity contribution is 0.372. The molecule has 1 atom stereocenters. The number of hydrogen-bond donors (Lipinski definition) is 2. The Bertz CT molecular complexity index is 496. The van der Waals surface area contributed by atoms with Crippen LogP contribution in [0.2, 0.25) is 0 Å². The minimum absolute atomic E-state index is 0.125. The molecule has 1 aromatic carbocycles. The van der Waals surface area contributed by atoms with Gasteiger partial charge in [-0.05, 0) is 49.0 Å². The molecule has 0 aromatic heterocycles. The lowest BCUT2D eigenvalue weighted by atomic mass is 9.88. The molecule has 0 saturated heterocycles. The van der Waals surface area contributed by atoms with Gasteiger partial charge in [-0.15, -0.1) is 0 Å². The van der Waals surface area contributed by atoms with Crippen LogP contribution in [0.25, 0.3) is 0 Å². The van der Waals surface area contributed by atoms with Crippen molar-refractivity contribution in [3.63, 3.8) is 0 Å². The highest BCUT2D eigenvalue weighted by atomic mass is 32.2. The van der Waals surface area contributed by atoms with Gasteiger partial charge in [-0.25, -0.2) is 8.42 Å². The van der Waals surface area contributed by atoms with Gasteiger partial charge < -0.3 is 11.5 Å². The Morgan fingerprint density at radius 1 is 1.21 bits per heavy atom. The molecule has 0 heterocycles. The largest absolute Gasteiger partial charge is 0.330 e. The maximum absolute atomic E-state index is 11.8. The summed E-state index contributed by atoms with van der Waals surface area (Å²) in [5, 5.41) is 0. The predicted molar refractivity (Wildman–Crippen MR) is 78.6 cm³/mol. The summed E-state index contributed by atoms with van der Waals surface area (Å²) in [7, 11) is -3.14. The molecule has 0 amide bonds. The zero-order valence-electron chi connectivity index (χ0n) is 11.7. The van der Waals surface area contributed by atoms with Crippen LogP contribution in [0.3, 0.4) is 0 Å². The van der Waals surface area contributed by atoms with Crippen LogP contribution in [0.1, 0.15) is 19.4 Å². The Labute approximate surface area is 116 Å². The Kier molecular flexibility index (Phi) is 5.97. The summed E-state index contributed by atoms with van der Waals surface area (Å²) in [6.45, 7) is 4.88. The normalized spacial score (nSPS) is 13.7. The van der Waals surface area contributed by atoms with Gasteiger partial charge in [-0.2, -0.15) is 0 Å². The fraction of sp³-hybridized carbons (Fsp3) is 0.571. The molecule has 0 aliphatic carbocycles. The van der Waals surface area contributed by atoms with Gasteiger partial charge in [-0.3, -0.25) is 0 Å². The summed E-state index contributed by atoms with van der Waals surface area (Å²) in [6, 6.07) is 7.16. The van der Waals surface area contributed by atoms with Gasteiger partial charge in [0.05, 0.1) is 10.6 Å². The minimum Gasteiger partial charge on any atom is -0.330 e. The smallest absolute Gasteiger partial charge is 0.178 e. The Morgan fingerprint density at radius 3 is 2.37 bits per heavy atom. The molecule has 0 saturated carbocycles. The monoisotopic (exact) mass is 284 g/mol. The molecule has 4 nitrogen and oxygen atoms in total. The zero-order valence-corrected chi connectivity index (χ0v) is 12.5. The third-order valence-corrected chi connectivity index (χ3v) is 5.34. The first-order chi connectivity index (χ1) is 8.94. The Hall–Kier alpha value is -0.910. The lowest BCUT2D eigenvalue weighted by Crippen LogP contribution is -2.30. The summed E-state index contributed by atoms with van der Waals surface area (Å²) in [5.74, 6) is 0.737. The van der Waals surface area contributed by atoms with E-state index in [1.807, 2.05) is 6.07 Å². The molecular weight excluding hydrogens is 260 g/mol. The maximum Gasteiger partial charge on any atom is 0.178 e. The van der Waals surface area contributed by atoms with E-state index in [1.54, 1.807) is 25.1 Å². The topological polar surface area (TPSA) is 86.2 Å². The molecule has 108 valence electrons. The quantitative estimate of drug-likeness (QED) is 0.787. The van der Waals surface area contributed by atoms with Gasteiger partial charge in [0.1, 0.15) is 0 Å². The Morgan fingerprint density at radius 2 is 1.84 bits per heavy atom. The van der Waals surface area contributed by atoms with E-state index >= 15 is 0 Å². The van der Waals surface area contributed by atoms with Crippen LogP contribution in [-0.4, -0.2) is 27.3 Å². The van der Waals surface area contributed by atoms with Crippen LogP contribution in [-0.2, 0) is 16.3 Å². The molecule has 1 unspecified atom stereocenters. The molecule has 1 rings (SSSR count). The lowest BCUT2D eigenvalue weighted by Gasteiger charge is -2.21. The molecule has 0 aliphatic heterocycles. The average Bonchev–Trinajstić information content (AvgIpc) is 2.40. The van der Waals surface area contributed by atoms with E-state index in [-0.39, 0.29) is 11.7 Å². The molecule has 0 bridgehead atoms. The second-order valence-corrected chi connectivity index (χ2v) is 7.24. The number of hydrogen-bond acceptors (Lipinski definition) is 4. The van der Waals surface area contributed by atoms with Gasteiger partial charge in [0.2, 0.25) is 0 Å². The van der Waals surface area contributed by atoms with E-state index in [9.17, 15) is 8.42 Å². The van der Waals surface area contributed by atoms with Crippen molar-refractivity contribution in [3.8, 4) is 0 Å². The van der Waals surface area contributed by atoms with Crippen LogP contribution >= 0.6 is 0 Å². The molecular formula is C14H24N2O2S. The molecule has 0 aliphatic rings. The van der Waals surface area contributed by atoms with Crippen molar-refractivity contribution in [1.82, 2.24) is 0 Å². The summed E-state index contributed by atoms with van der Waals surface area (Å²) in [5.41, 5.74) is 12.4. The summed E-state index contributed by atoms with van der Waals surface area (Å²) in [4.78, 5) is 0.400. The molecule has 4 N–H and O–H groups in total. The van der Waals surface area contributed by atoms with Gasteiger partial charge in [0.25, 0.3) is 0 Å². The highest BCUT2D eigenvalue weighted by molar-refractivity contribution is 7.91. The molecule has 0 spiro atoms. The summed E-state index contributed by atoms with van der Waals surface area (Å²) >= 11 is 0.